The Balaban J connectivity index is 1.33. The van der Waals surface area contributed by atoms with Gasteiger partial charge in [-0.15, -0.1) is 0 Å². The van der Waals surface area contributed by atoms with Crippen molar-refractivity contribution in [1.82, 2.24) is 9.80 Å². The van der Waals surface area contributed by atoms with E-state index in [2.05, 4.69) is 0 Å². The van der Waals surface area contributed by atoms with Gasteiger partial charge in [-0.1, -0.05) is 36.4 Å². The van der Waals surface area contributed by atoms with Crippen LogP contribution in [-0.2, 0) is 22.3 Å². The van der Waals surface area contributed by atoms with E-state index in [0.717, 1.165) is 24.1 Å². The van der Waals surface area contributed by atoms with Crippen LogP contribution in [0.15, 0.2) is 54.6 Å². The summed E-state index contributed by atoms with van der Waals surface area (Å²) in [7, 11) is 0. The van der Waals surface area contributed by atoms with Gasteiger partial charge < -0.3 is 14.5 Å². The Morgan fingerprint density at radius 2 is 1.67 bits per heavy atom. The topological polar surface area (TPSA) is 53.1 Å². The highest BCUT2D eigenvalue weighted by atomic mass is 19.4. The smallest absolute Gasteiger partial charge is 0.416 e. The summed E-state index contributed by atoms with van der Waals surface area (Å²) in [5.74, 6) is -0.132. The van der Waals surface area contributed by atoms with Crippen molar-refractivity contribution in [2.24, 2.45) is 0 Å². The van der Waals surface area contributed by atoms with Gasteiger partial charge in [0.15, 0.2) is 0 Å². The molecule has 0 saturated carbocycles. The molecule has 0 aromatic heterocycles. The van der Waals surface area contributed by atoms with Crippen LogP contribution in [0.25, 0.3) is 0 Å². The fourth-order valence-corrected chi connectivity index (χ4v) is 4.32. The highest BCUT2D eigenvalue weighted by Crippen LogP contribution is 2.32. The van der Waals surface area contributed by atoms with Crippen LogP contribution < -0.4 is 4.90 Å². The van der Waals surface area contributed by atoms with E-state index in [1.165, 1.54) is 11.0 Å². The fourth-order valence-electron chi connectivity index (χ4n) is 4.32. The van der Waals surface area contributed by atoms with Crippen LogP contribution in [0.1, 0.15) is 24.0 Å². The van der Waals surface area contributed by atoms with Crippen molar-refractivity contribution in [3.05, 3.63) is 65.7 Å². The zero-order valence-electron chi connectivity index (χ0n) is 18.1. The summed E-state index contributed by atoms with van der Waals surface area (Å²) in [5, 5.41) is 0. The summed E-state index contributed by atoms with van der Waals surface area (Å²) in [4.78, 5) is 30.8. The summed E-state index contributed by atoms with van der Waals surface area (Å²) in [6.07, 6.45) is -3.60. The Labute approximate surface area is 190 Å². The van der Waals surface area contributed by atoms with Crippen LogP contribution in [0.3, 0.4) is 0 Å². The molecular weight excluding hydrogens is 435 g/mol. The van der Waals surface area contributed by atoms with Crippen LogP contribution in [0, 0.1) is 0 Å². The summed E-state index contributed by atoms with van der Waals surface area (Å²) in [6.45, 7) is 2.24. The number of ether oxygens (including phenoxy) is 1. The van der Waals surface area contributed by atoms with Gasteiger partial charge >= 0.3 is 12.3 Å². The zero-order valence-corrected chi connectivity index (χ0v) is 18.1. The average Bonchev–Trinajstić information content (AvgIpc) is 3.32. The van der Waals surface area contributed by atoms with Crippen molar-refractivity contribution in [3.8, 4) is 0 Å². The molecule has 0 bridgehead atoms. The zero-order chi connectivity index (χ0) is 23.4. The van der Waals surface area contributed by atoms with Crippen molar-refractivity contribution in [1.29, 1.82) is 0 Å². The third-order valence-electron chi connectivity index (χ3n) is 6.11. The molecule has 0 radical (unpaired) electrons. The minimum atomic E-state index is -4.39. The predicted molar refractivity (Wildman–Crippen MR) is 117 cm³/mol. The molecule has 0 spiro atoms. The molecule has 2 aliphatic rings. The Morgan fingerprint density at radius 3 is 2.36 bits per heavy atom. The summed E-state index contributed by atoms with van der Waals surface area (Å²) in [5.41, 5.74) is 0.677. The highest BCUT2D eigenvalue weighted by molar-refractivity contribution is 5.86. The molecule has 33 heavy (non-hydrogen) atoms. The molecule has 0 aliphatic carbocycles. The largest absolute Gasteiger partial charge is 0.445 e. The molecule has 2 heterocycles. The highest BCUT2D eigenvalue weighted by Gasteiger charge is 2.38. The van der Waals surface area contributed by atoms with E-state index in [1.54, 1.807) is 11.0 Å². The maximum absolute atomic E-state index is 13.1. The van der Waals surface area contributed by atoms with Gasteiger partial charge in [-0.25, -0.2) is 4.79 Å². The van der Waals surface area contributed by atoms with E-state index in [0.29, 0.717) is 44.8 Å². The fraction of sp³-hybridized carbons (Fsp3) is 0.417. The van der Waals surface area contributed by atoms with Crippen LogP contribution in [0.5, 0.6) is 0 Å². The minimum Gasteiger partial charge on any atom is -0.445 e. The second kappa shape index (κ2) is 9.72. The van der Waals surface area contributed by atoms with Crippen molar-refractivity contribution in [2.45, 2.75) is 31.7 Å². The Hall–Kier alpha value is -3.23. The number of hydrogen-bond acceptors (Lipinski definition) is 4. The number of nitrogens with zero attached hydrogens (tertiary/aromatic N) is 3. The van der Waals surface area contributed by atoms with E-state index < -0.39 is 23.9 Å². The second-order valence-electron chi connectivity index (χ2n) is 8.25. The molecule has 2 saturated heterocycles. The first-order chi connectivity index (χ1) is 15.8. The van der Waals surface area contributed by atoms with Crippen molar-refractivity contribution < 1.29 is 27.5 Å². The molecule has 4 rings (SSSR count). The van der Waals surface area contributed by atoms with E-state index in [-0.39, 0.29) is 12.5 Å². The van der Waals surface area contributed by atoms with Crippen molar-refractivity contribution >= 4 is 17.7 Å². The number of halogens is 3. The first kappa shape index (κ1) is 22.9. The summed E-state index contributed by atoms with van der Waals surface area (Å²) >= 11 is 0. The molecule has 2 aliphatic heterocycles. The number of anilines is 1. The molecule has 0 N–H and O–H groups in total. The minimum absolute atomic E-state index is 0.132. The van der Waals surface area contributed by atoms with E-state index >= 15 is 0 Å². The van der Waals surface area contributed by atoms with Crippen LogP contribution in [-0.4, -0.2) is 60.6 Å². The lowest BCUT2D eigenvalue weighted by atomic mass is 10.1. The van der Waals surface area contributed by atoms with Gasteiger partial charge in [0.1, 0.15) is 12.6 Å². The number of amides is 2. The Morgan fingerprint density at radius 1 is 0.939 bits per heavy atom. The predicted octanol–water partition coefficient (Wildman–Crippen LogP) is 4.16. The number of likely N-dealkylation sites (tertiary alicyclic amines) is 1. The average molecular weight is 461 g/mol. The molecule has 6 nitrogen and oxygen atoms in total. The Bertz CT molecular complexity index is 976. The number of carbonyl (C=O) groups is 2. The quantitative estimate of drug-likeness (QED) is 0.687. The lowest BCUT2D eigenvalue weighted by molar-refractivity contribution is -0.137. The van der Waals surface area contributed by atoms with Gasteiger partial charge in [-0.2, -0.15) is 13.2 Å². The number of hydrogen-bond donors (Lipinski definition) is 0. The summed E-state index contributed by atoms with van der Waals surface area (Å²) in [6, 6.07) is 14.0. The number of rotatable bonds is 4. The number of alkyl halides is 3. The molecule has 2 fully saturated rings. The maximum Gasteiger partial charge on any atom is 0.416 e. The van der Waals surface area contributed by atoms with Crippen LogP contribution in [0.2, 0.25) is 0 Å². The second-order valence-corrected chi connectivity index (χ2v) is 8.25. The van der Waals surface area contributed by atoms with Gasteiger partial charge in [0.25, 0.3) is 0 Å². The normalized spacial score (nSPS) is 19.0. The first-order valence-electron chi connectivity index (χ1n) is 11.0. The maximum atomic E-state index is 13.1. The number of piperazine rings is 1. The third-order valence-corrected chi connectivity index (χ3v) is 6.11. The van der Waals surface area contributed by atoms with E-state index in [1.807, 2.05) is 35.2 Å². The monoisotopic (exact) mass is 461 g/mol. The molecule has 9 heteroatoms. The molecule has 2 aromatic carbocycles. The first-order valence-corrected chi connectivity index (χ1v) is 11.0. The van der Waals surface area contributed by atoms with Crippen molar-refractivity contribution in [2.75, 3.05) is 37.6 Å². The Kier molecular flexibility index (Phi) is 6.76. The standard InChI is InChI=1S/C24H26F3N3O3/c25-24(26,27)19-8-4-9-20(16-19)28-12-14-29(15-13-28)22(31)21-10-5-11-30(21)23(32)33-17-18-6-2-1-3-7-18/h1-4,6-9,16,21H,5,10-15,17H2/t21-/m0/s1. The van der Waals surface area contributed by atoms with Crippen molar-refractivity contribution in [3.63, 3.8) is 0 Å². The molecule has 1 atom stereocenters. The SMILES string of the molecule is O=C([C@@H]1CCCN1C(=O)OCc1ccccc1)N1CCN(c2cccc(C(F)(F)F)c2)CC1. The molecule has 2 amide bonds. The lowest BCUT2D eigenvalue weighted by Gasteiger charge is -2.38. The van der Waals surface area contributed by atoms with Crippen LogP contribution in [0.4, 0.5) is 23.7 Å². The lowest BCUT2D eigenvalue weighted by Crippen LogP contribution is -2.54. The van der Waals surface area contributed by atoms with Gasteiger partial charge in [-0.3, -0.25) is 9.69 Å². The van der Waals surface area contributed by atoms with Gasteiger partial charge in [0, 0.05) is 38.4 Å². The van der Waals surface area contributed by atoms with Gasteiger partial charge in [0.2, 0.25) is 5.91 Å². The summed E-state index contributed by atoms with van der Waals surface area (Å²) < 4.78 is 44.5. The molecule has 2 aromatic rings. The number of carbonyl (C=O) groups excluding carboxylic acids is 2. The van der Waals surface area contributed by atoms with E-state index in [9.17, 15) is 22.8 Å². The molecule has 176 valence electrons. The van der Waals surface area contributed by atoms with Gasteiger partial charge in [0.05, 0.1) is 5.56 Å². The van der Waals surface area contributed by atoms with E-state index in [4.69, 9.17) is 4.74 Å². The molecule has 0 unspecified atom stereocenters. The number of benzene rings is 2. The molecular formula is C24H26F3N3O3. The van der Waals surface area contributed by atoms with Crippen LogP contribution >= 0.6 is 0 Å². The third kappa shape index (κ3) is 5.40. The van der Waals surface area contributed by atoms with Gasteiger partial charge in [-0.05, 0) is 36.6 Å².